The van der Waals surface area contributed by atoms with Crippen molar-refractivity contribution >= 4 is 0 Å². The summed E-state index contributed by atoms with van der Waals surface area (Å²) in [6.45, 7) is 5.28. The molecule has 2 fully saturated rings. The van der Waals surface area contributed by atoms with Gasteiger partial charge in [0.2, 0.25) is 0 Å². The number of nitrogens with two attached hydrogens (primary N) is 1. The summed E-state index contributed by atoms with van der Waals surface area (Å²) in [5.74, 6) is 0. The minimum absolute atomic E-state index is 0.294. The van der Waals surface area contributed by atoms with Crippen molar-refractivity contribution in [3.05, 3.63) is 0 Å². The third-order valence-electron chi connectivity index (χ3n) is 2.67. The molecule has 2 heterocycles. The fraction of sp³-hybridized carbons (Fsp3) is 1.00. The van der Waals surface area contributed by atoms with Gasteiger partial charge < -0.3 is 10.5 Å². The van der Waals surface area contributed by atoms with Crippen LogP contribution in [0.3, 0.4) is 0 Å². The third kappa shape index (κ3) is 1.79. The second-order valence-corrected chi connectivity index (χ2v) is 4.15. The van der Waals surface area contributed by atoms with E-state index >= 15 is 0 Å². The van der Waals surface area contributed by atoms with Gasteiger partial charge in [-0.1, -0.05) is 0 Å². The molecule has 2 rings (SSSR count). The summed E-state index contributed by atoms with van der Waals surface area (Å²) in [4.78, 5) is 2.44. The number of hydrogen-bond donors (Lipinski definition) is 1. The van der Waals surface area contributed by atoms with E-state index in [4.69, 9.17) is 10.5 Å². The standard InChI is InChI=1S/C9H18N2O/c1-7(10)4-11-5-8-2-3-9(6-11)12-8/h7-9H,2-6,10H2,1H3/t7-,8?,9?/m0/s1. The van der Waals surface area contributed by atoms with E-state index in [9.17, 15) is 0 Å². The summed E-state index contributed by atoms with van der Waals surface area (Å²) in [5, 5.41) is 0. The van der Waals surface area contributed by atoms with E-state index < -0.39 is 0 Å². The molecule has 3 heteroatoms. The van der Waals surface area contributed by atoms with Gasteiger partial charge in [0.25, 0.3) is 0 Å². The van der Waals surface area contributed by atoms with Crippen LogP contribution in [-0.4, -0.2) is 42.8 Å². The molecule has 2 bridgehead atoms. The summed E-state index contributed by atoms with van der Waals surface area (Å²) in [7, 11) is 0. The summed E-state index contributed by atoms with van der Waals surface area (Å²) in [6, 6.07) is 0.294. The Morgan fingerprint density at radius 2 is 2.00 bits per heavy atom. The molecule has 0 aromatic carbocycles. The minimum atomic E-state index is 0.294. The first kappa shape index (κ1) is 8.48. The Balaban J connectivity index is 1.85. The second-order valence-electron chi connectivity index (χ2n) is 4.15. The Hall–Kier alpha value is -0.120. The maximum absolute atomic E-state index is 5.75. The molecule has 3 nitrogen and oxygen atoms in total. The third-order valence-corrected chi connectivity index (χ3v) is 2.67. The van der Waals surface area contributed by atoms with Gasteiger partial charge >= 0.3 is 0 Å². The van der Waals surface area contributed by atoms with Gasteiger partial charge in [-0.3, -0.25) is 4.90 Å². The summed E-state index contributed by atoms with van der Waals surface area (Å²) < 4.78 is 5.73. The van der Waals surface area contributed by atoms with Crippen LogP contribution in [0.5, 0.6) is 0 Å². The van der Waals surface area contributed by atoms with Crippen LogP contribution in [0.1, 0.15) is 19.8 Å². The average molecular weight is 170 g/mol. The number of ether oxygens (including phenoxy) is 1. The van der Waals surface area contributed by atoms with Gasteiger partial charge in [-0.2, -0.15) is 0 Å². The Morgan fingerprint density at radius 1 is 1.42 bits per heavy atom. The van der Waals surface area contributed by atoms with E-state index in [2.05, 4.69) is 11.8 Å². The van der Waals surface area contributed by atoms with Gasteiger partial charge in [0.05, 0.1) is 12.2 Å². The SMILES string of the molecule is C[C@H](N)CN1CC2CCC(C1)O2. The Labute approximate surface area is 73.9 Å². The highest BCUT2D eigenvalue weighted by molar-refractivity contribution is 4.85. The van der Waals surface area contributed by atoms with Crippen molar-refractivity contribution in [1.29, 1.82) is 0 Å². The van der Waals surface area contributed by atoms with Crippen molar-refractivity contribution < 1.29 is 4.74 Å². The molecule has 0 spiro atoms. The molecule has 2 aliphatic rings. The normalized spacial score (nSPS) is 38.5. The molecule has 0 amide bonds. The first-order chi connectivity index (χ1) is 5.74. The van der Waals surface area contributed by atoms with Crippen LogP contribution in [0.4, 0.5) is 0 Å². The maximum Gasteiger partial charge on any atom is 0.0707 e. The highest BCUT2D eigenvalue weighted by atomic mass is 16.5. The molecule has 2 aliphatic heterocycles. The van der Waals surface area contributed by atoms with E-state index in [0.29, 0.717) is 18.2 Å². The predicted molar refractivity (Wildman–Crippen MR) is 48.0 cm³/mol. The van der Waals surface area contributed by atoms with Crippen molar-refractivity contribution in [2.45, 2.75) is 38.0 Å². The van der Waals surface area contributed by atoms with Crippen molar-refractivity contribution in [3.63, 3.8) is 0 Å². The number of fused-ring (bicyclic) bond motifs is 2. The molecule has 2 N–H and O–H groups in total. The van der Waals surface area contributed by atoms with Gasteiger partial charge in [0.15, 0.2) is 0 Å². The molecule has 0 aromatic rings. The molecule has 2 saturated heterocycles. The van der Waals surface area contributed by atoms with Gasteiger partial charge in [-0.05, 0) is 19.8 Å². The maximum atomic E-state index is 5.75. The highest BCUT2D eigenvalue weighted by Gasteiger charge is 2.33. The van der Waals surface area contributed by atoms with Gasteiger partial charge in [0, 0.05) is 25.7 Å². The van der Waals surface area contributed by atoms with Crippen LogP contribution < -0.4 is 5.73 Å². The first-order valence-corrected chi connectivity index (χ1v) is 4.87. The van der Waals surface area contributed by atoms with E-state index in [1.165, 1.54) is 12.8 Å². The van der Waals surface area contributed by atoms with Crippen LogP contribution in [0, 0.1) is 0 Å². The largest absolute Gasteiger partial charge is 0.372 e. The fourth-order valence-corrected chi connectivity index (χ4v) is 2.26. The lowest BCUT2D eigenvalue weighted by Crippen LogP contribution is -2.46. The molecule has 0 aliphatic carbocycles. The van der Waals surface area contributed by atoms with Crippen molar-refractivity contribution in [2.75, 3.05) is 19.6 Å². The Morgan fingerprint density at radius 3 is 2.50 bits per heavy atom. The van der Waals surface area contributed by atoms with Gasteiger partial charge in [-0.15, -0.1) is 0 Å². The number of nitrogens with zero attached hydrogens (tertiary/aromatic N) is 1. The summed E-state index contributed by atoms with van der Waals surface area (Å²) in [5.41, 5.74) is 5.75. The summed E-state index contributed by atoms with van der Waals surface area (Å²) in [6.07, 6.45) is 3.50. The molecule has 2 unspecified atom stereocenters. The second kappa shape index (κ2) is 3.32. The van der Waals surface area contributed by atoms with Gasteiger partial charge in [-0.25, -0.2) is 0 Å². The Kier molecular flexibility index (Phi) is 2.35. The van der Waals surface area contributed by atoms with E-state index in [1.54, 1.807) is 0 Å². The van der Waals surface area contributed by atoms with Crippen LogP contribution in [0.25, 0.3) is 0 Å². The topological polar surface area (TPSA) is 38.5 Å². The molecular weight excluding hydrogens is 152 g/mol. The van der Waals surface area contributed by atoms with E-state index in [1.807, 2.05) is 0 Å². The van der Waals surface area contributed by atoms with Gasteiger partial charge in [0.1, 0.15) is 0 Å². The van der Waals surface area contributed by atoms with E-state index in [0.717, 1.165) is 19.6 Å². The van der Waals surface area contributed by atoms with Crippen molar-refractivity contribution in [1.82, 2.24) is 4.90 Å². The first-order valence-electron chi connectivity index (χ1n) is 4.87. The number of rotatable bonds is 2. The van der Waals surface area contributed by atoms with Crippen molar-refractivity contribution in [3.8, 4) is 0 Å². The van der Waals surface area contributed by atoms with Crippen LogP contribution in [0.2, 0.25) is 0 Å². The zero-order valence-corrected chi connectivity index (χ0v) is 7.70. The molecule has 0 aromatic heterocycles. The molecular formula is C9H18N2O. The summed E-state index contributed by atoms with van der Waals surface area (Å²) >= 11 is 0. The quantitative estimate of drug-likeness (QED) is 0.643. The van der Waals surface area contributed by atoms with Crippen LogP contribution in [-0.2, 0) is 4.74 Å². The lowest BCUT2D eigenvalue weighted by Gasteiger charge is -2.32. The number of morpholine rings is 1. The number of likely N-dealkylation sites (tertiary alicyclic amines) is 1. The lowest BCUT2D eigenvalue weighted by atomic mass is 10.2. The molecule has 3 atom stereocenters. The minimum Gasteiger partial charge on any atom is -0.372 e. The zero-order valence-electron chi connectivity index (χ0n) is 7.70. The zero-order chi connectivity index (χ0) is 8.55. The number of hydrogen-bond acceptors (Lipinski definition) is 3. The molecule has 0 radical (unpaired) electrons. The molecule has 70 valence electrons. The van der Waals surface area contributed by atoms with Crippen LogP contribution >= 0.6 is 0 Å². The smallest absolute Gasteiger partial charge is 0.0707 e. The monoisotopic (exact) mass is 170 g/mol. The predicted octanol–water partition coefficient (Wildman–Crippen LogP) is 0.197. The Bertz CT molecular complexity index is 149. The average Bonchev–Trinajstić information content (AvgIpc) is 2.29. The van der Waals surface area contributed by atoms with Crippen LogP contribution in [0.15, 0.2) is 0 Å². The highest BCUT2D eigenvalue weighted by Crippen LogP contribution is 2.25. The fourth-order valence-electron chi connectivity index (χ4n) is 2.26. The molecule has 12 heavy (non-hydrogen) atoms. The molecule has 0 saturated carbocycles. The van der Waals surface area contributed by atoms with E-state index in [-0.39, 0.29) is 0 Å². The van der Waals surface area contributed by atoms with Crippen molar-refractivity contribution in [2.24, 2.45) is 5.73 Å². The lowest BCUT2D eigenvalue weighted by molar-refractivity contribution is -0.0392.